The van der Waals surface area contributed by atoms with Gasteiger partial charge in [-0.2, -0.15) is 0 Å². The van der Waals surface area contributed by atoms with Crippen molar-refractivity contribution in [2.45, 2.75) is 24.9 Å². The van der Waals surface area contributed by atoms with Crippen LogP contribution >= 0.6 is 15.9 Å². The van der Waals surface area contributed by atoms with Crippen LogP contribution in [-0.2, 0) is 6.42 Å². The van der Waals surface area contributed by atoms with E-state index in [1.54, 1.807) is 0 Å². The Morgan fingerprint density at radius 3 is 3.00 bits per heavy atom. The number of likely N-dealkylation sites (N-methyl/N-ethyl adjacent to an activating group) is 2. The summed E-state index contributed by atoms with van der Waals surface area (Å²) in [6.07, 6.45) is 2.42. The largest absolute Gasteiger partial charge is 0.308 e. The zero-order valence-corrected chi connectivity index (χ0v) is 14.0. The summed E-state index contributed by atoms with van der Waals surface area (Å²) in [5.74, 6) is 0. The molecule has 1 N–H and O–H groups in total. The molecule has 0 spiro atoms. The minimum absolute atomic E-state index is 0.531. The zero-order chi connectivity index (χ0) is 14.1. The summed E-state index contributed by atoms with van der Waals surface area (Å²) < 4.78 is 1.27. The molecule has 1 heterocycles. The highest BCUT2D eigenvalue weighted by molar-refractivity contribution is 9.10. The van der Waals surface area contributed by atoms with Crippen molar-refractivity contribution < 1.29 is 0 Å². The number of hydrogen-bond donors (Lipinski definition) is 1. The molecule has 1 saturated heterocycles. The fourth-order valence-electron chi connectivity index (χ4n) is 3.42. The van der Waals surface area contributed by atoms with Crippen molar-refractivity contribution in [1.82, 2.24) is 15.1 Å². The maximum absolute atomic E-state index is 3.80. The number of rotatable bonds is 3. The summed E-state index contributed by atoms with van der Waals surface area (Å²) in [4.78, 5) is 4.93. The van der Waals surface area contributed by atoms with Crippen molar-refractivity contribution in [1.29, 1.82) is 0 Å². The Labute approximate surface area is 130 Å². The third-order valence-corrected chi connectivity index (χ3v) is 5.54. The van der Waals surface area contributed by atoms with Gasteiger partial charge in [0, 0.05) is 42.7 Å². The first-order chi connectivity index (χ1) is 9.65. The van der Waals surface area contributed by atoms with Crippen molar-refractivity contribution in [3.63, 3.8) is 0 Å². The predicted molar refractivity (Wildman–Crippen MR) is 87.1 cm³/mol. The molecule has 0 amide bonds. The second kappa shape index (κ2) is 6.14. The molecule has 20 heavy (non-hydrogen) atoms. The van der Waals surface area contributed by atoms with E-state index >= 15 is 0 Å². The number of hydrogen-bond acceptors (Lipinski definition) is 3. The summed E-state index contributed by atoms with van der Waals surface area (Å²) in [5, 5.41) is 3.80. The molecule has 110 valence electrons. The summed E-state index contributed by atoms with van der Waals surface area (Å²) >= 11 is 3.68. The highest BCUT2D eigenvalue weighted by Crippen LogP contribution is 2.35. The number of piperazine rings is 1. The van der Waals surface area contributed by atoms with E-state index < -0.39 is 0 Å². The number of fused-ring (bicyclic) bond motifs is 1. The van der Waals surface area contributed by atoms with Gasteiger partial charge < -0.3 is 10.2 Å². The van der Waals surface area contributed by atoms with E-state index in [4.69, 9.17) is 0 Å². The summed E-state index contributed by atoms with van der Waals surface area (Å²) in [6.45, 7) is 4.61. The summed E-state index contributed by atoms with van der Waals surface area (Å²) in [5.41, 5.74) is 2.99. The topological polar surface area (TPSA) is 18.5 Å². The fraction of sp³-hybridized carbons (Fsp3) is 0.625. The molecule has 1 fully saturated rings. The number of halogens is 1. The third kappa shape index (κ3) is 2.93. The molecule has 0 aromatic heterocycles. The van der Waals surface area contributed by atoms with Crippen LogP contribution in [0.1, 0.15) is 23.6 Å². The van der Waals surface area contributed by atoms with Crippen LogP contribution in [0.5, 0.6) is 0 Å². The van der Waals surface area contributed by atoms with Crippen LogP contribution in [0.15, 0.2) is 22.7 Å². The Bertz CT molecular complexity index is 477. The lowest BCUT2D eigenvalue weighted by Crippen LogP contribution is -2.54. The van der Waals surface area contributed by atoms with E-state index in [1.165, 1.54) is 48.1 Å². The molecule has 0 saturated carbocycles. The van der Waals surface area contributed by atoms with Gasteiger partial charge in [0.2, 0.25) is 0 Å². The lowest BCUT2D eigenvalue weighted by Gasteiger charge is -2.38. The highest BCUT2D eigenvalue weighted by Gasteiger charge is 2.26. The van der Waals surface area contributed by atoms with E-state index in [0.717, 1.165) is 6.54 Å². The van der Waals surface area contributed by atoms with Crippen LogP contribution in [0.2, 0.25) is 0 Å². The van der Waals surface area contributed by atoms with Crippen molar-refractivity contribution in [2.75, 3.05) is 40.3 Å². The maximum Gasteiger partial charge on any atom is 0.0345 e. The molecule has 4 heteroatoms. The molecule has 0 radical (unpaired) electrons. The van der Waals surface area contributed by atoms with Gasteiger partial charge in [0.05, 0.1) is 0 Å². The Kier molecular flexibility index (Phi) is 4.46. The molecule has 1 aliphatic heterocycles. The van der Waals surface area contributed by atoms with E-state index in [2.05, 4.69) is 63.3 Å². The molecule has 1 aromatic rings. The van der Waals surface area contributed by atoms with Crippen LogP contribution in [0.25, 0.3) is 0 Å². The van der Waals surface area contributed by atoms with Gasteiger partial charge in [0.15, 0.2) is 0 Å². The predicted octanol–water partition coefficient (Wildman–Crippen LogP) is 2.27. The average Bonchev–Trinajstić information content (AvgIpc) is 2.85. The SMILES string of the molecule is CN1CCN(C)[C@@H](CN[C@H]2CCc3c(Br)cccc32)C1. The van der Waals surface area contributed by atoms with Crippen LogP contribution in [-0.4, -0.2) is 56.1 Å². The second-order valence-corrected chi connectivity index (χ2v) is 7.06. The van der Waals surface area contributed by atoms with E-state index in [-0.39, 0.29) is 0 Å². The molecule has 2 atom stereocenters. The van der Waals surface area contributed by atoms with Crippen molar-refractivity contribution >= 4 is 15.9 Å². The first-order valence-corrected chi connectivity index (χ1v) is 8.34. The Balaban J connectivity index is 1.62. The number of nitrogens with one attached hydrogen (secondary N) is 1. The van der Waals surface area contributed by atoms with Crippen LogP contribution < -0.4 is 5.32 Å². The normalized spacial score (nSPS) is 27.8. The molecular weight excluding hydrogens is 314 g/mol. The molecule has 0 unspecified atom stereocenters. The third-order valence-electron chi connectivity index (χ3n) is 4.79. The van der Waals surface area contributed by atoms with Gasteiger partial charge in [-0.05, 0) is 44.1 Å². The molecule has 3 nitrogen and oxygen atoms in total. The quantitative estimate of drug-likeness (QED) is 0.912. The maximum atomic E-state index is 3.80. The average molecular weight is 338 g/mol. The monoisotopic (exact) mass is 337 g/mol. The Morgan fingerprint density at radius 1 is 1.30 bits per heavy atom. The molecule has 1 aliphatic carbocycles. The van der Waals surface area contributed by atoms with Crippen LogP contribution in [0.4, 0.5) is 0 Å². The van der Waals surface area contributed by atoms with Crippen molar-refractivity contribution in [3.8, 4) is 0 Å². The fourth-order valence-corrected chi connectivity index (χ4v) is 4.00. The zero-order valence-electron chi connectivity index (χ0n) is 12.4. The van der Waals surface area contributed by atoms with Gasteiger partial charge >= 0.3 is 0 Å². The van der Waals surface area contributed by atoms with E-state index in [1.807, 2.05) is 0 Å². The standard InChI is InChI=1S/C16H24BrN3/c1-19-8-9-20(2)12(11-19)10-18-16-7-6-13-14(16)4-3-5-15(13)17/h3-5,12,16,18H,6-11H2,1-2H3/t12-,16-/m0/s1. The molecule has 1 aromatic carbocycles. The van der Waals surface area contributed by atoms with Gasteiger partial charge in [-0.3, -0.25) is 4.90 Å². The van der Waals surface area contributed by atoms with Gasteiger partial charge in [0.1, 0.15) is 0 Å². The second-order valence-electron chi connectivity index (χ2n) is 6.20. The lowest BCUT2D eigenvalue weighted by molar-refractivity contribution is 0.111. The minimum Gasteiger partial charge on any atom is -0.308 e. The number of nitrogens with zero attached hydrogens (tertiary/aromatic N) is 2. The Hall–Kier alpha value is -0.420. The Morgan fingerprint density at radius 2 is 2.15 bits per heavy atom. The van der Waals surface area contributed by atoms with E-state index in [9.17, 15) is 0 Å². The first-order valence-electron chi connectivity index (χ1n) is 7.54. The van der Waals surface area contributed by atoms with Crippen LogP contribution in [0.3, 0.4) is 0 Å². The van der Waals surface area contributed by atoms with Crippen molar-refractivity contribution in [2.24, 2.45) is 0 Å². The highest BCUT2D eigenvalue weighted by atomic mass is 79.9. The van der Waals surface area contributed by atoms with E-state index in [0.29, 0.717) is 12.1 Å². The summed E-state index contributed by atoms with van der Waals surface area (Å²) in [6, 6.07) is 7.75. The first kappa shape index (κ1) is 14.5. The van der Waals surface area contributed by atoms with Crippen molar-refractivity contribution in [3.05, 3.63) is 33.8 Å². The molecule has 3 rings (SSSR count). The molecular formula is C16H24BrN3. The van der Waals surface area contributed by atoms with Gasteiger partial charge in [-0.15, -0.1) is 0 Å². The number of benzene rings is 1. The van der Waals surface area contributed by atoms with Gasteiger partial charge in [0.25, 0.3) is 0 Å². The van der Waals surface area contributed by atoms with Crippen LogP contribution in [0, 0.1) is 0 Å². The molecule has 0 bridgehead atoms. The lowest BCUT2D eigenvalue weighted by atomic mass is 10.1. The minimum atomic E-state index is 0.531. The van der Waals surface area contributed by atoms with Gasteiger partial charge in [-0.1, -0.05) is 28.1 Å². The summed E-state index contributed by atoms with van der Waals surface area (Å²) in [7, 11) is 4.47. The van der Waals surface area contributed by atoms with Gasteiger partial charge in [-0.25, -0.2) is 0 Å². The smallest absolute Gasteiger partial charge is 0.0345 e. The molecule has 2 aliphatic rings.